The second kappa shape index (κ2) is 43.8. The number of benzene rings is 5. The number of aliphatic hydroxyl groups is 1. The number of fused-ring (bicyclic) bond motifs is 2. The van der Waals surface area contributed by atoms with Crippen molar-refractivity contribution < 1.29 is 112 Å². The Kier molecular flexibility index (Phi) is 38.0. The summed E-state index contributed by atoms with van der Waals surface area (Å²) in [5.74, 6) is 1.47. The number of aliphatic hydroxyl groups excluding tert-OH is 1. The highest BCUT2D eigenvalue weighted by Crippen LogP contribution is 2.42. The number of rotatable bonds is 9. The average Bonchev–Trinajstić information content (AvgIpc) is 0.917. The minimum absolute atomic E-state index is 0. The number of carbonyl (C=O) groups excluding carboxylic acids is 7. The molecule has 4 amide bonds. The molecule has 6 aliphatic rings. The molecule has 5 N–H and O–H groups in total. The van der Waals surface area contributed by atoms with Gasteiger partial charge in [-0.1, -0.05) is 74.2 Å². The number of phenolic OH excluding ortho intramolecular Hbond substituents is 1. The molecule has 626 valence electrons. The summed E-state index contributed by atoms with van der Waals surface area (Å²) in [6.07, 6.45) is 8.86. The van der Waals surface area contributed by atoms with E-state index in [-0.39, 0.29) is 77.5 Å². The molecule has 5 aromatic rings. The van der Waals surface area contributed by atoms with Gasteiger partial charge in [0.2, 0.25) is 0 Å². The molecule has 113 heavy (non-hydrogen) atoms. The summed E-state index contributed by atoms with van der Waals surface area (Å²) in [5, 5.41) is 37.1. The molecule has 0 aromatic heterocycles. The number of ether oxygens (including phenoxy) is 5. The summed E-state index contributed by atoms with van der Waals surface area (Å²) in [6, 6.07) is 34.3. The van der Waals surface area contributed by atoms with Crippen LogP contribution in [-0.2, 0) is 43.3 Å². The van der Waals surface area contributed by atoms with E-state index in [0.717, 1.165) is 39.7 Å². The average molecular weight is 1630 g/mol. The minimum Gasteiger partial charge on any atom is -0.507 e. The van der Waals surface area contributed by atoms with E-state index in [1.165, 1.54) is 68.1 Å². The second-order valence-corrected chi connectivity index (χ2v) is 33.2. The Morgan fingerprint density at radius 2 is 1.09 bits per heavy atom. The van der Waals surface area contributed by atoms with Crippen molar-refractivity contribution in [3.8, 4) is 17.2 Å². The number of sulfonamides is 1. The molecule has 4 fully saturated rings. The summed E-state index contributed by atoms with van der Waals surface area (Å²) in [5.41, 5.74) is -5.88. The zero-order valence-corrected chi connectivity index (χ0v) is 68.3. The zero-order chi connectivity index (χ0) is 84.2. The van der Waals surface area contributed by atoms with Crippen LogP contribution in [0.1, 0.15) is 185 Å². The maximum absolute atomic E-state index is 12.5. The molecular weight excluding hydrogens is 1510 g/mol. The monoisotopic (exact) mass is 1630 g/mol. The zero-order valence-electron chi connectivity index (χ0n) is 66.6. The lowest BCUT2D eigenvalue weighted by atomic mass is 9.80. The standard InChI is InChI=1S/C19H25NO6S.C18H23NO4.C11H16BNO3.C10H17NO3.C8H8F3NO2S.C8H8O2.C4H9N.CH4O.CH4/c1-18(2,3)25-17(21)20-11-7-10-19(13-20)12-16(26-27(4,22)23)14-8-5-6-9-15(14)24-19;1-17(2,3)23-16(21)19-10-6-9-18(12-19)11-14(20)13-7-4-5-8-15(13)22-18;1-3-13(4-2)11(14)9-5-7-10(8-6-9)12(15)16;1-10(2,3)14-9(13)11-6-4-5-8(12)7-11;1-12(7-5-3-2-4-6-7)15(13,14)8(9,10)11;1-6(9)7-4-2-3-5-8(7)10;1-2-4-5-3-1;1-2;/h5-6,8-9,12H,7,10-11,13H2,1-4H3;4-5,7-8H,6,9-12H2,1-3H3;5-8,15-16H,3-4H2,1-2H3;4-7H2,1-3H3;2-6H,1H3;2-5,10H,1H3;5H,1-4H2;2H,1H3;1H4. The third kappa shape index (κ3) is 32.3. The van der Waals surface area contributed by atoms with Gasteiger partial charge in [0.05, 0.1) is 54.7 Å². The smallest absolute Gasteiger partial charge is 0.507 e. The van der Waals surface area contributed by atoms with Crippen molar-refractivity contribution in [1.29, 1.82) is 0 Å². The van der Waals surface area contributed by atoms with Crippen LogP contribution in [0.3, 0.4) is 0 Å². The minimum atomic E-state index is -5.30. The van der Waals surface area contributed by atoms with Crippen LogP contribution in [0, 0.1) is 0 Å². The van der Waals surface area contributed by atoms with Crippen molar-refractivity contribution in [3.05, 3.63) is 156 Å². The van der Waals surface area contributed by atoms with E-state index in [1.807, 2.05) is 100 Å². The third-order valence-electron chi connectivity index (χ3n) is 16.8. The van der Waals surface area contributed by atoms with Gasteiger partial charge in [0.15, 0.2) is 23.1 Å². The van der Waals surface area contributed by atoms with Gasteiger partial charge < -0.3 is 73.0 Å². The van der Waals surface area contributed by atoms with Gasteiger partial charge in [0.25, 0.3) is 5.91 Å². The van der Waals surface area contributed by atoms with Crippen molar-refractivity contribution >= 4 is 85.7 Å². The molecule has 11 rings (SSSR count). The van der Waals surface area contributed by atoms with Gasteiger partial charge in [0, 0.05) is 64.9 Å². The summed E-state index contributed by atoms with van der Waals surface area (Å²) < 4.78 is 116. The van der Waals surface area contributed by atoms with Crippen molar-refractivity contribution in [1.82, 2.24) is 24.9 Å². The van der Waals surface area contributed by atoms with E-state index < -0.39 is 66.9 Å². The number of anilines is 1. The molecule has 6 heterocycles. The van der Waals surface area contributed by atoms with Crippen LogP contribution in [-0.4, -0.2) is 225 Å². The van der Waals surface area contributed by atoms with E-state index in [0.29, 0.717) is 104 Å². The number of aromatic hydroxyl groups is 1. The Bertz CT molecular complexity index is 4180. The van der Waals surface area contributed by atoms with Crippen LogP contribution < -0.4 is 24.6 Å². The van der Waals surface area contributed by atoms with E-state index >= 15 is 0 Å². The van der Waals surface area contributed by atoms with Crippen LogP contribution in [0.2, 0.25) is 0 Å². The molecule has 5 aromatic carbocycles. The van der Waals surface area contributed by atoms with Crippen LogP contribution >= 0.6 is 0 Å². The molecule has 33 heteroatoms. The first-order chi connectivity index (χ1) is 52.2. The molecule has 0 aliphatic carbocycles. The van der Waals surface area contributed by atoms with Gasteiger partial charge in [-0.3, -0.25) is 23.5 Å². The Balaban J connectivity index is 0.000000353. The number of hydrogen-bond acceptors (Lipinski definition) is 22. The van der Waals surface area contributed by atoms with Crippen molar-refractivity contribution in [2.45, 2.75) is 182 Å². The Labute approximate surface area is 664 Å². The summed E-state index contributed by atoms with van der Waals surface area (Å²) >= 11 is 0. The number of hydrogen-bond donors (Lipinski definition) is 5. The van der Waals surface area contributed by atoms with Crippen LogP contribution in [0.5, 0.6) is 17.2 Å². The second-order valence-electron chi connectivity index (χ2n) is 29.7. The third-order valence-corrected chi connectivity index (χ3v) is 18.8. The van der Waals surface area contributed by atoms with E-state index in [2.05, 4.69) is 5.32 Å². The highest BCUT2D eigenvalue weighted by Gasteiger charge is 2.50. The molecular formula is C80H114BF3N6O21S2. The number of nitrogens with one attached hydrogen (secondary N) is 1. The van der Waals surface area contributed by atoms with Gasteiger partial charge in [-0.25, -0.2) is 14.4 Å². The Morgan fingerprint density at radius 3 is 1.55 bits per heavy atom. The fourth-order valence-electron chi connectivity index (χ4n) is 11.7. The van der Waals surface area contributed by atoms with E-state index in [1.54, 1.807) is 93.6 Å². The van der Waals surface area contributed by atoms with Crippen molar-refractivity contribution in [2.75, 3.05) is 90.2 Å². The van der Waals surface area contributed by atoms with E-state index in [9.17, 15) is 63.6 Å². The largest absolute Gasteiger partial charge is 0.516 e. The number of likely N-dealkylation sites (tertiary alicyclic amines) is 3. The fourth-order valence-corrected chi connectivity index (χ4v) is 12.9. The first-order valence-corrected chi connectivity index (χ1v) is 39.9. The number of carbonyl (C=O) groups is 7. The number of amides is 4. The molecule has 0 saturated carbocycles. The maximum atomic E-state index is 12.5. The van der Waals surface area contributed by atoms with Gasteiger partial charge >= 0.3 is 51.0 Å². The number of piperidine rings is 3. The fraction of sp³-hybridized carbons (Fsp3) is 0.512. The molecule has 27 nitrogen and oxygen atoms in total. The van der Waals surface area contributed by atoms with Gasteiger partial charge in [-0.05, 0) is 207 Å². The van der Waals surface area contributed by atoms with Crippen LogP contribution in [0.4, 0.5) is 33.2 Å². The molecule has 2 atom stereocenters. The summed E-state index contributed by atoms with van der Waals surface area (Å²) in [4.78, 5) is 88.9. The maximum Gasteiger partial charge on any atom is 0.516 e. The Morgan fingerprint density at radius 1 is 0.619 bits per heavy atom. The molecule has 4 saturated heterocycles. The number of halogens is 3. The highest BCUT2D eigenvalue weighted by molar-refractivity contribution is 7.93. The lowest BCUT2D eigenvalue weighted by Gasteiger charge is -2.44. The summed E-state index contributed by atoms with van der Waals surface area (Å²) in [6.45, 7) is 28.2. The van der Waals surface area contributed by atoms with Gasteiger partial charge in [-0.2, -0.15) is 30.0 Å². The van der Waals surface area contributed by atoms with E-state index in [4.69, 9.17) is 48.1 Å². The number of ketones is 3. The number of phenols is 1. The van der Waals surface area contributed by atoms with Gasteiger partial charge in [0.1, 0.15) is 45.3 Å². The number of nitrogens with zero attached hydrogens (tertiary/aromatic N) is 5. The lowest BCUT2D eigenvalue weighted by molar-refractivity contribution is -0.122. The van der Waals surface area contributed by atoms with Crippen molar-refractivity contribution in [2.24, 2.45) is 0 Å². The first-order valence-electron chi connectivity index (χ1n) is 36.7. The SMILES string of the molecule is C.C1CCNC1.CC(=O)c1ccccc1O.CC(C)(C)OC(=O)N1CCCC(=O)C1.CC(C)(C)OC(=O)N1CCCC2(C=C(OS(C)(=O)=O)c3ccccc3O2)C1.CC(C)(C)OC(=O)N1CCCC2(CC(=O)c3ccccc3O2)C1.CCN(CC)C(=O)c1ccc(B(O)O)cc1.CN(c1ccccc1)S(=O)(=O)C(F)(F)F.CO. The predicted molar refractivity (Wildman–Crippen MR) is 427 cm³/mol. The van der Waals surface area contributed by atoms with Gasteiger partial charge in [-0.15, -0.1) is 0 Å². The quantitative estimate of drug-likeness (QED) is 0.0396. The normalized spacial score (nSPS) is 17.6. The number of alkyl halides is 3. The lowest BCUT2D eigenvalue weighted by Crippen LogP contribution is -2.56. The summed E-state index contributed by atoms with van der Waals surface area (Å²) in [7, 11) is -8.63. The van der Waals surface area contributed by atoms with Crippen molar-refractivity contribution in [3.63, 3.8) is 0 Å². The molecule has 0 bridgehead atoms. The molecule has 0 radical (unpaired) electrons. The van der Waals surface area contributed by atoms with Crippen LogP contribution in [0.25, 0.3) is 5.76 Å². The topological polar surface area (TPSA) is 352 Å². The van der Waals surface area contributed by atoms with Crippen LogP contribution in [0.15, 0.2) is 133 Å². The predicted octanol–water partition coefficient (Wildman–Crippen LogP) is 12.2. The highest BCUT2D eigenvalue weighted by atomic mass is 32.2. The molecule has 2 unspecified atom stereocenters. The first kappa shape index (κ1) is 97.9. The molecule has 2 spiro atoms. The Hall–Kier alpha value is -9.28. The molecule has 6 aliphatic heterocycles. The number of Topliss-reactive ketones (excluding diaryl/α,β-unsaturated/α-hetero) is 3. The number of para-hydroxylation sites is 4.